The first-order chi connectivity index (χ1) is 22.9. The maximum Gasteiger partial charge on any atom is 0.339 e. The number of esters is 1. The highest BCUT2D eigenvalue weighted by Gasteiger charge is 2.29. The summed E-state index contributed by atoms with van der Waals surface area (Å²) in [4.78, 5) is 31.8. The third-order valence-corrected chi connectivity index (χ3v) is 10.5. The standard InChI is InChI=1S/C38H32N2O6S/c41-35(27-15-18-31(19-16-27)47(43,44)40-21-6-7-22-40)25-45-38(42)36-32-13-4-5-14-34(32)39-37-28(17-20-33(36)37)23-26-9-8-12-30(24-26)46-29-10-2-1-3-11-29/h1-5,8-16,18-19,23-24H,6-7,17,20-22,25H2. The van der Waals surface area contributed by atoms with Gasteiger partial charge in [-0.2, -0.15) is 4.31 Å². The number of para-hydroxylation sites is 2. The fourth-order valence-corrected chi connectivity index (χ4v) is 7.70. The van der Waals surface area contributed by atoms with Crippen LogP contribution in [0.1, 0.15) is 56.8 Å². The molecule has 5 aromatic rings. The van der Waals surface area contributed by atoms with Gasteiger partial charge in [0.25, 0.3) is 0 Å². The Hall–Kier alpha value is -5.12. The van der Waals surface area contributed by atoms with E-state index in [4.69, 9.17) is 14.5 Å². The second kappa shape index (κ2) is 12.9. The molecule has 1 aliphatic heterocycles. The van der Waals surface area contributed by atoms with Crippen LogP contribution in [-0.4, -0.2) is 49.2 Å². The monoisotopic (exact) mass is 644 g/mol. The molecule has 1 aromatic heterocycles. The van der Waals surface area contributed by atoms with Crippen LogP contribution in [0.5, 0.6) is 11.5 Å². The van der Waals surface area contributed by atoms with Crippen molar-refractivity contribution in [1.82, 2.24) is 9.29 Å². The number of ether oxygens (including phenoxy) is 2. The molecule has 0 bridgehead atoms. The molecule has 7 rings (SSSR count). The Morgan fingerprint density at radius 3 is 2.32 bits per heavy atom. The van der Waals surface area contributed by atoms with Gasteiger partial charge in [0.15, 0.2) is 12.4 Å². The summed E-state index contributed by atoms with van der Waals surface area (Å²) in [5.74, 6) is 0.449. The molecule has 0 unspecified atom stereocenters. The van der Waals surface area contributed by atoms with E-state index in [-0.39, 0.29) is 10.5 Å². The van der Waals surface area contributed by atoms with Crippen molar-refractivity contribution in [2.45, 2.75) is 30.6 Å². The molecular formula is C38H32N2O6S. The highest BCUT2D eigenvalue weighted by atomic mass is 32.2. The first-order valence-electron chi connectivity index (χ1n) is 15.6. The SMILES string of the molecule is O=C(COC(=O)c1c2c(nc3ccccc13)C(=Cc1cccc(Oc3ccccc3)c1)CC2)c1ccc(S(=O)(=O)N2CCCC2)cc1. The Kier molecular flexibility index (Phi) is 8.41. The van der Waals surface area contributed by atoms with Crippen molar-refractivity contribution in [3.63, 3.8) is 0 Å². The number of benzene rings is 4. The number of rotatable bonds is 9. The predicted molar refractivity (Wildman–Crippen MR) is 180 cm³/mol. The summed E-state index contributed by atoms with van der Waals surface area (Å²) in [5, 5.41) is 0.666. The quantitative estimate of drug-likeness (QED) is 0.122. The lowest BCUT2D eigenvalue weighted by molar-refractivity contribution is 0.0475. The predicted octanol–water partition coefficient (Wildman–Crippen LogP) is 7.34. The summed E-state index contributed by atoms with van der Waals surface area (Å²) in [7, 11) is -3.59. The van der Waals surface area contributed by atoms with Crippen molar-refractivity contribution < 1.29 is 27.5 Å². The van der Waals surface area contributed by atoms with Gasteiger partial charge in [0.05, 0.1) is 21.7 Å². The molecule has 0 atom stereocenters. The van der Waals surface area contributed by atoms with Gasteiger partial charge in [-0.1, -0.05) is 48.5 Å². The first-order valence-corrected chi connectivity index (χ1v) is 17.1. The van der Waals surface area contributed by atoms with Crippen LogP contribution in [-0.2, 0) is 21.2 Å². The van der Waals surface area contributed by atoms with E-state index >= 15 is 0 Å². The number of allylic oxidation sites excluding steroid dienone is 1. The van der Waals surface area contributed by atoms with Crippen LogP contribution in [0.3, 0.4) is 0 Å². The second-order valence-electron chi connectivity index (χ2n) is 11.6. The Bertz CT molecular complexity index is 2120. The van der Waals surface area contributed by atoms with E-state index in [0.29, 0.717) is 48.1 Å². The van der Waals surface area contributed by atoms with Crippen LogP contribution < -0.4 is 4.74 Å². The normalized spacial score (nSPS) is 15.5. The molecule has 1 saturated heterocycles. The van der Waals surface area contributed by atoms with Gasteiger partial charge in [0.1, 0.15) is 11.5 Å². The molecule has 1 aliphatic carbocycles. The van der Waals surface area contributed by atoms with E-state index in [1.54, 1.807) is 0 Å². The number of nitrogens with zero attached hydrogens (tertiary/aromatic N) is 2. The summed E-state index contributed by atoms with van der Waals surface area (Å²) in [6.07, 6.45) is 5.04. The molecule has 0 spiro atoms. The van der Waals surface area contributed by atoms with Crippen LogP contribution in [0.15, 0.2) is 108 Å². The lowest BCUT2D eigenvalue weighted by Gasteiger charge is -2.15. The van der Waals surface area contributed by atoms with E-state index in [9.17, 15) is 18.0 Å². The number of carbonyl (C=O) groups is 2. The maximum absolute atomic E-state index is 13.6. The summed E-state index contributed by atoms with van der Waals surface area (Å²) >= 11 is 0. The molecule has 2 aliphatic rings. The number of hydrogen-bond acceptors (Lipinski definition) is 7. The van der Waals surface area contributed by atoms with Gasteiger partial charge < -0.3 is 9.47 Å². The summed E-state index contributed by atoms with van der Waals surface area (Å²) in [6, 6.07) is 30.6. The number of Topliss-reactive ketones (excluding diaryl/α,β-unsaturated/α-hetero) is 1. The smallest absolute Gasteiger partial charge is 0.339 e. The number of sulfonamides is 1. The van der Waals surface area contributed by atoms with Crippen molar-refractivity contribution in [2.75, 3.05) is 19.7 Å². The number of carbonyl (C=O) groups excluding carboxylic acids is 2. The molecular weight excluding hydrogens is 612 g/mol. The van der Waals surface area contributed by atoms with Crippen molar-refractivity contribution in [2.24, 2.45) is 0 Å². The van der Waals surface area contributed by atoms with Crippen molar-refractivity contribution >= 4 is 44.3 Å². The summed E-state index contributed by atoms with van der Waals surface area (Å²) in [5.41, 5.74) is 4.82. The highest BCUT2D eigenvalue weighted by molar-refractivity contribution is 7.89. The van der Waals surface area contributed by atoms with Gasteiger partial charge in [-0.15, -0.1) is 0 Å². The maximum atomic E-state index is 13.6. The van der Waals surface area contributed by atoms with Crippen LogP contribution >= 0.6 is 0 Å². The van der Waals surface area contributed by atoms with Crippen LogP contribution in [0.2, 0.25) is 0 Å². The molecule has 8 nitrogen and oxygen atoms in total. The molecule has 0 N–H and O–H groups in total. The van der Waals surface area contributed by atoms with E-state index in [1.165, 1.54) is 28.6 Å². The van der Waals surface area contributed by atoms with Gasteiger partial charge in [-0.3, -0.25) is 4.79 Å². The Morgan fingerprint density at radius 1 is 0.809 bits per heavy atom. The number of fused-ring (bicyclic) bond motifs is 2. The van der Waals surface area contributed by atoms with Gasteiger partial charge in [0.2, 0.25) is 10.0 Å². The zero-order valence-corrected chi connectivity index (χ0v) is 26.4. The Balaban J connectivity index is 1.11. The highest BCUT2D eigenvalue weighted by Crippen LogP contribution is 2.38. The van der Waals surface area contributed by atoms with Gasteiger partial charge in [-0.05, 0) is 103 Å². The lowest BCUT2D eigenvalue weighted by Crippen LogP contribution is -2.27. The van der Waals surface area contributed by atoms with Crippen LogP contribution in [0.4, 0.5) is 0 Å². The zero-order chi connectivity index (χ0) is 32.4. The van der Waals surface area contributed by atoms with Crippen LogP contribution in [0, 0.1) is 0 Å². The summed E-state index contributed by atoms with van der Waals surface area (Å²) < 4.78 is 38.8. The van der Waals surface area contributed by atoms with E-state index in [1.807, 2.05) is 78.9 Å². The minimum Gasteiger partial charge on any atom is -0.457 e. The molecule has 236 valence electrons. The average molecular weight is 645 g/mol. The molecule has 0 amide bonds. The van der Waals surface area contributed by atoms with Gasteiger partial charge in [-0.25, -0.2) is 18.2 Å². The molecule has 4 aromatic carbocycles. The largest absolute Gasteiger partial charge is 0.457 e. The fraction of sp³-hybridized carbons (Fsp3) is 0.184. The Labute approximate surface area is 273 Å². The molecule has 0 radical (unpaired) electrons. The van der Waals surface area contributed by atoms with Crippen LogP contribution in [0.25, 0.3) is 22.6 Å². The van der Waals surface area contributed by atoms with Gasteiger partial charge >= 0.3 is 5.97 Å². The van der Waals surface area contributed by atoms with E-state index in [2.05, 4.69) is 6.08 Å². The zero-order valence-electron chi connectivity index (χ0n) is 25.6. The second-order valence-corrected chi connectivity index (χ2v) is 13.6. The van der Waals surface area contributed by atoms with Crippen molar-refractivity contribution in [3.05, 3.63) is 131 Å². The first kappa shape index (κ1) is 30.5. The minimum absolute atomic E-state index is 0.145. The number of hydrogen-bond donors (Lipinski definition) is 0. The topological polar surface area (TPSA) is 103 Å². The van der Waals surface area contributed by atoms with Gasteiger partial charge in [0, 0.05) is 24.0 Å². The van der Waals surface area contributed by atoms with Crippen molar-refractivity contribution in [3.8, 4) is 11.5 Å². The summed E-state index contributed by atoms with van der Waals surface area (Å²) in [6.45, 7) is 0.528. The molecule has 9 heteroatoms. The van der Waals surface area contributed by atoms with Crippen molar-refractivity contribution in [1.29, 1.82) is 0 Å². The third-order valence-electron chi connectivity index (χ3n) is 8.54. The van der Waals surface area contributed by atoms with E-state index < -0.39 is 28.4 Å². The number of aromatic nitrogens is 1. The minimum atomic E-state index is -3.59. The van der Waals surface area contributed by atoms with E-state index in [0.717, 1.165) is 41.0 Å². The molecule has 47 heavy (non-hydrogen) atoms. The Morgan fingerprint density at radius 2 is 1.53 bits per heavy atom. The fourth-order valence-electron chi connectivity index (χ4n) is 6.18. The molecule has 2 heterocycles. The molecule has 1 fully saturated rings. The average Bonchev–Trinajstić information content (AvgIpc) is 3.78. The number of pyridine rings is 1. The third kappa shape index (κ3) is 6.32. The number of ketones is 1. The lowest BCUT2D eigenvalue weighted by atomic mass is 10.0. The molecule has 0 saturated carbocycles.